The highest BCUT2D eigenvalue weighted by molar-refractivity contribution is 5.72. The molecule has 0 aliphatic carbocycles. The molecule has 0 spiro atoms. The van der Waals surface area contributed by atoms with Crippen LogP contribution in [-0.2, 0) is 12.8 Å². The number of aromatic nitrogens is 2. The molecule has 1 aliphatic rings. The fourth-order valence-corrected chi connectivity index (χ4v) is 2.54. The summed E-state index contributed by atoms with van der Waals surface area (Å²) in [5.41, 5.74) is 3.58. The van der Waals surface area contributed by atoms with Gasteiger partial charge < -0.3 is 9.72 Å². The van der Waals surface area contributed by atoms with Gasteiger partial charge in [0.2, 0.25) is 0 Å². The number of nitrogens with one attached hydrogen (secondary N) is 1. The Morgan fingerprint density at radius 2 is 2.32 bits per heavy atom. The summed E-state index contributed by atoms with van der Waals surface area (Å²) >= 11 is 0. The molecule has 0 unspecified atom stereocenters. The van der Waals surface area contributed by atoms with Crippen LogP contribution in [0.4, 0.5) is 0 Å². The number of aromatic amines is 1. The van der Waals surface area contributed by atoms with Crippen LogP contribution in [0.2, 0.25) is 0 Å². The van der Waals surface area contributed by atoms with E-state index in [1.807, 2.05) is 12.1 Å². The van der Waals surface area contributed by atoms with E-state index < -0.39 is 0 Å². The maximum absolute atomic E-state index is 12.0. The van der Waals surface area contributed by atoms with Crippen molar-refractivity contribution >= 4 is 0 Å². The highest BCUT2D eigenvalue weighted by atomic mass is 16.5. The fraction of sp³-hybridized carbons (Fsp3) is 0.333. The largest absolute Gasteiger partial charge is 0.492 e. The molecule has 3 rings (SSSR count). The number of nitrogens with zero attached hydrogens (tertiary/aromatic N) is 1. The van der Waals surface area contributed by atoms with Crippen molar-refractivity contribution in [2.24, 2.45) is 0 Å². The highest BCUT2D eigenvalue weighted by Crippen LogP contribution is 2.36. The predicted molar refractivity (Wildman–Crippen MR) is 73.5 cm³/mol. The Hall–Kier alpha value is -2.10. The summed E-state index contributed by atoms with van der Waals surface area (Å²) in [6, 6.07) is 6.05. The zero-order valence-corrected chi connectivity index (χ0v) is 10.9. The van der Waals surface area contributed by atoms with Gasteiger partial charge in [-0.3, -0.25) is 4.79 Å². The second-order valence-corrected chi connectivity index (χ2v) is 4.70. The van der Waals surface area contributed by atoms with Crippen molar-refractivity contribution in [2.45, 2.75) is 26.2 Å². The SMILES string of the molecule is CCCc1c(-c2cccc3c2OCC3)nc[nH]c1=O. The van der Waals surface area contributed by atoms with E-state index in [2.05, 4.69) is 23.0 Å². The molecular weight excluding hydrogens is 240 g/mol. The van der Waals surface area contributed by atoms with Crippen molar-refractivity contribution in [1.82, 2.24) is 9.97 Å². The van der Waals surface area contributed by atoms with Crippen LogP contribution in [0.1, 0.15) is 24.5 Å². The molecule has 1 N–H and O–H groups in total. The lowest BCUT2D eigenvalue weighted by molar-refractivity contribution is 0.358. The lowest BCUT2D eigenvalue weighted by Gasteiger charge is -2.10. The van der Waals surface area contributed by atoms with Gasteiger partial charge in [0.05, 0.1) is 18.6 Å². The number of ether oxygens (including phenoxy) is 1. The van der Waals surface area contributed by atoms with Crippen LogP contribution in [0, 0.1) is 0 Å². The maximum atomic E-state index is 12.0. The molecule has 0 fully saturated rings. The van der Waals surface area contributed by atoms with Gasteiger partial charge in [0.1, 0.15) is 5.75 Å². The quantitative estimate of drug-likeness (QED) is 0.917. The Balaban J connectivity index is 2.20. The number of hydrogen-bond donors (Lipinski definition) is 1. The Morgan fingerprint density at radius 3 is 3.16 bits per heavy atom. The summed E-state index contributed by atoms with van der Waals surface area (Å²) in [4.78, 5) is 19.0. The van der Waals surface area contributed by atoms with Gasteiger partial charge in [-0.1, -0.05) is 25.5 Å². The topological polar surface area (TPSA) is 55.0 Å². The first-order valence-electron chi connectivity index (χ1n) is 6.63. The van der Waals surface area contributed by atoms with Crippen molar-refractivity contribution in [3.05, 3.63) is 46.0 Å². The molecule has 1 aromatic carbocycles. The third kappa shape index (κ3) is 2.03. The zero-order chi connectivity index (χ0) is 13.2. The van der Waals surface area contributed by atoms with E-state index in [4.69, 9.17) is 4.74 Å². The first-order chi connectivity index (χ1) is 9.31. The monoisotopic (exact) mass is 256 g/mol. The van der Waals surface area contributed by atoms with Crippen molar-refractivity contribution in [2.75, 3.05) is 6.61 Å². The van der Waals surface area contributed by atoms with Crippen LogP contribution in [-0.4, -0.2) is 16.6 Å². The van der Waals surface area contributed by atoms with E-state index in [0.29, 0.717) is 6.61 Å². The van der Waals surface area contributed by atoms with Crippen molar-refractivity contribution in [1.29, 1.82) is 0 Å². The first kappa shape index (κ1) is 12.0. The Labute approximate surface area is 111 Å². The number of benzene rings is 1. The van der Waals surface area contributed by atoms with Crippen LogP contribution in [0.3, 0.4) is 0 Å². The number of H-pyrrole nitrogens is 1. The molecule has 2 aromatic rings. The Morgan fingerprint density at radius 1 is 1.42 bits per heavy atom. The highest BCUT2D eigenvalue weighted by Gasteiger charge is 2.20. The van der Waals surface area contributed by atoms with Crippen LogP contribution in [0.25, 0.3) is 11.3 Å². The van der Waals surface area contributed by atoms with Gasteiger partial charge >= 0.3 is 0 Å². The summed E-state index contributed by atoms with van der Waals surface area (Å²) in [5, 5.41) is 0. The zero-order valence-electron chi connectivity index (χ0n) is 10.9. The molecule has 19 heavy (non-hydrogen) atoms. The lowest BCUT2D eigenvalue weighted by atomic mass is 10.0. The van der Waals surface area contributed by atoms with Gasteiger partial charge in [-0.2, -0.15) is 0 Å². The van der Waals surface area contributed by atoms with Gasteiger partial charge in [0.15, 0.2) is 0 Å². The molecule has 0 atom stereocenters. The number of fused-ring (bicyclic) bond motifs is 1. The van der Waals surface area contributed by atoms with E-state index in [1.54, 1.807) is 0 Å². The fourth-order valence-electron chi connectivity index (χ4n) is 2.54. The number of para-hydroxylation sites is 1. The first-order valence-corrected chi connectivity index (χ1v) is 6.63. The minimum absolute atomic E-state index is 0.0533. The molecule has 4 heteroatoms. The van der Waals surface area contributed by atoms with Crippen LogP contribution in [0.5, 0.6) is 5.75 Å². The standard InChI is InChI=1S/C15H16N2O2/c1-2-4-12-13(16-9-17-15(12)18)11-6-3-5-10-7-8-19-14(10)11/h3,5-6,9H,2,4,7-8H2,1H3,(H,16,17,18). The summed E-state index contributed by atoms with van der Waals surface area (Å²) in [6.07, 6.45) is 4.03. The van der Waals surface area contributed by atoms with E-state index in [-0.39, 0.29) is 5.56 Å². The molecule has 1 aliphatic heterocycles. The van der Waals surface area contributed by atoms with E-state index >= 15 is 0 Å². The average Bonchev–Trinajstić information content (AvgIpc) is 2.89. The second-order valence-electron chi connectivity index (χ2n) is 4.70. The van der Waals surface area contributed by atoms with E-state index in [9.17, 15) is 4.79 Å². The van der Waals surface area contributed by atoms with Crippen molar-refractivity contribution in [3.8, 4) is 17.0 Å². The minimum Gasteiger partial charge on any atom is -0.492 e. The molecule has 0 saturated carbocycles. The molecule has 0 saturated heterocycles. The second kappa shape index (κ2) is 4.88. The molecule has 1 aromatic heterocycles. The van der Waals surface area contributed by atoms with Gasteiger partial charge in [-0.15, -0.1) is 0 Å². The Kier molecular flexibility index (Phi) is 3.07. The molecule has 0 amide bonds. The van der Waals surface area contributed by atoms with Gasteiger partial charge in [0.25, 0.3) is 5.56 Å². The summed E-state index contributed by atoms with van der Waals surface area (Å²) in [6.45, 7) is 2.76. The summed E-state index contributed by atoms with van der Waals surface area (Å²) < 4.78 is 5.70. The maximum Gasteiger partial charge on any atom is 0.254 e. The van der Waals surface area contributed by atoms with Crippen molar-refractivity contribution in [3.63, 3.8) is 0 Å². The minimum atomic E-state index is -0.0533. The normalized spacial score (nSPS) is 13.1. The lowest BCUT2D eigenvalue weighted by Crippen LogP contribution is -2.15. The van der Waals surface area contributed by atoms with Gasteiger partial charge in [-0.25, -0.2) is 4.98 Å². The van der Waals surface area contributed by atoms with E-state index in [0.717, 1.165) is 41.8 Å². The molecular formula is C15H16N2O2. The van der Waals surface area contributed by atoms with Crippen LogP contribution < -0.4 is 10.3 Å². The number of hydrogen-bond acceptors (Lipinski definition) is 3. The van der Waals surface area contributed by atoms with Gasteiger partial charge in [-0.05, 0) is 18.1 Å². The van der Waals surface area contributed by atoms with Crippen molar-refractivity contribution < 1.29 is 4.74 Å². The summed E-state index contributed by atoms with van der Waals surface area (Å²) in [7, 11) is 0. The van der Waals surface area contributed by atoms with E-state index in [1.165, 1.54) is 11.9 Å². The predicted octanol–water partition coefficient (Wildman–Crippen LogP) is 2.32. The summed E-state index contributed by atoms with van der Waals surface area (Å²) in [5.74, 6) is 0.887. The molecule has 2 heterocycles. The van der Waals surface area contributed by atoms with Gasteiger partial charge in [0, 0.05) is 17.5 Å². The molecule has 0 radical (unpaired) electrons. The van der Waals surface area contributed by atoms with Crippen LogP contribution in [0.15, 0.2) is 29.3 Å². The molecule has 0 bridgehead atoms. The smallest absolute Gasteiger partial charge is 0.254 e. The third-order valence-corrected chi connectivity index (χ3v) is 3.42. The third-order valence-electron chi connectivity index (χ3n) is 3.42. The average molecular weight is 256 g/mol. The molecule has 98 valence electrons. The number of rotatable bonds is 3. The Bertz CT molecular complexity index is 661. The molecule has 4 nitrogen and oxygen atoms in total. The van der Waals surface area contributed by atoms with Crippen LogP contribution >= 0.6 is 0 Å².